The van der Waals surface area contributed by atoms with E-state index in [0.717, 1.165) is 31.5 Å². The van der Waals surface area contributed by atoms with Crippen LogP contribution in [0.25, 0.3) is 0 Å². The number of ketones is 1. The van der Waals surface area contributed by atoms with Gasteiger partial charge in [0.2, 0.25) is 0 Å². The predicted molar refractivity (Wildman–Crippen MR) is 68.1 cm³/mol. The Morgan fingerprint density at radius 2 is 1.75 bits per heavy atom. The first-order chi connectivity index (χ1) is 7.27. The standard InChI is InChI=1S/C12H14ClNO.CH4/c13-11-3-1-9(2-4-11)12(15)10-5-7-14-8-6-10;/h1-4,10,14H,5-8H2;1H4. The van der Waals surface area contributed by atoms with Crippen molar-refractivity contribution in [2.45, 2.75) is 20.3 Å². The van der Waals surface area contributed by atoms with Gasteiger partial charge in [-0.1, -0.05) is 19.0 Å². The molecule has 0 saturated carbocycles. The molecule has 0 amide bonds. The van der Waals surface area contributed by atoms with Crippen LogP contribution in [0, 0.1) is 5.92 Å². The van der Waals surface area contributed by atoms with Gasteiger partial charge in [0.25, 0.3) is 0 Å². The van der Waals surface area contributed by atoms with Crippen LogP contribution in [0.2, 0.25) is 5.02 Å². The van der Waals surface area contributed by atoms with Crippen LogP contribution >= 0.6 is 11.6 Å². The summed E-state index contributed by atoms with van der Waals surface area (Å²) in [5.74, 6) is 0.445. The Morgan fingerprint density at radius 1 is 1.19 bits per heavy atom. The molecule has 0 radical (unpaired) electrons. The van der Waals surface area contributed by atoms with Crippen molar-refractivity contribution < 1.29 is 4.79 Å². The second-order valence-corrected chi connectivity index (χ2v) is 4.33. The molecule has 2 rings (SSSR count). The average molecular weight is 240 g/mol. The van der Waals surface area contributed by atoms with E-state index in [4.69, 9.17) is 11.6 Å². The molecule has 2 nitrogen and oxygen atoms in total. The number of hydrogen-bond donors (Lipinski definition) is 1. The monoisotopic (exact) mass is 239 g/mol. The van der Waals surface area contributed by atoms with Crippen LogP contribution in [0.1, 0.15) is 30.6 Å². The van der Waals surface area contributed by atoms with Gasteiger partial charge in [-0.15, -0.1) is 0 Å². The maximum Gasteiger partial charge on any atom is 0.166 e. The molecule has 0 bridgehead atoms. The van der Waals surface area contributed by atoms with Crippen LogP contribution in [0.5, 0.6) is 0 Å². The molecule has 1 aliphatic heterocycles. The number of halogens is 1. The zero-order valence-electron chi connectivity index (χ0n) is 8.50. The van der Waals surface area contributed by atoms with Gasteiger partial charge in [0, 0.05) is 16.5 Å². The van der Waals surface area contributed by atoms with Crippen molar-refractivity contribution in [1.29, 1.82) is 0 Å². The van der Waals surface area contributed by atoms with Crippen LogP contribution in [-0.2, 0) is 0 Å². The molecule has 1 aromatic rings. The number of rotatable bonds is 2. The first kappa shape index (κ1) is 13.2. The molecule has 1 aromatic carbocycles. The lowest BCUT2D eigenvalue weighted by Crippen LogP contribution is -2.31. The summed E-state index contributed by atoms with van der Waals surface area (Å²) < 4.78 is 0. The summed E-state index contributed by atoms with van der Waals surface area (Å²) in [6.07, 6.45) is 1.89. The van der Waals surface area contributed by atoms with E-state index in [-0.39, 0.29) is 19.1 Å². The summed E-state index contributed by atoms with van der Waals surface area (Å²) in [7, 11) is 0. The molecule has 0 atom stereocenters. The van der Waals surface area contributed by atoms with E-state index in [0.29, 0.717) is 5.02 Å². The van der Waals surface area contributed by atoms with Crippen molar-refractivity contribution >= 4 is 17.4 Å². The van der Waals surface area contributed by atoms with Gasteiger partial charge < -0.3 is 5.32 Å². The molecule has 1 fully saturated rings. The minimum Gasteiger partial charge on any atom is -0.317 e. The van der Waals surface area contributed by atoms with Crippen LogP contribution in [0.4, 0.5) is 0 Å². The van der Waals surface area contributed by atoms with Crippen molar-refractivity contribution in [1.82, 2.24) is 5.32 Å². The third-order valence-electron chi connectivity index (χ3n) is 2.84. The molecule has 0 aliphatic carbocycles. The molecule has 1 N–H and O–H groups in total. The van der Waals surface area contributed by atoms with E-state index in [1.807, 2.05) is 12.1 Å². The molecule has 1 saturated heterocycles. The lowest BCUT2D eigenvalue weighted by molar-refractivity contribution is 0.0895. The van der Waals surface area contributed by atoms with Gasteiger partial charge in [0.15, 0.2) is 5.78 Å². The highest BCUT2D eigenvalue weighted by atomic mass is 35.5. The van der Waals surface area contributed by atoms with Crippen molar-refractivity contribution in [2.24, 2.45) is 5.92 Å². The maximum absolute atomic E-state index is 12.0. The summed E-state index contributed by atoms with van der Waals surface area (Å²) in [6.45, 7) is 1.90. The fourth-order valence-electron chi connectivity index (χ4n) is 1.93. The fourth-order valence-corrected chi connectivity index (χ4v) is 2.06. The summed E-state index contributed by atoms with van der Waals surface area (Å²) >= 11 is 5.78. The van der Waals surface area contributed by atoms with Crippen LogP contribution in [-0.4, -0.2) is 18.9 Å². The highest BCUT2D eigenvalue weighted by molar-refractivity contribution is 6.30. The first-order valence-corrected chi connectivity index (χ1v) is 5.65. The lowest BCUT2D eigenvalue weighted by atomic mass is 9.90. The number of benzene rings is 1. The van der Waals surface area contributed by atoms with Crippen molar-refractivity contribution in [2.75, 3.05) is 13.1 Å². The van der Waals surface area contributed by atoms with E-state index in [9.17, 15) is 4.79 Å². The van der Waals surface area contributed by atoms with Gasteiger partial charge in [-0.3, -0.25) is 4.79 Å². The highest BCUT2D eigenvalue weighted by Crippen LogP contribution is 2.19. The number of Topliss-reactive ketones (excluding diaryl/α,β-unsaturated/α-hetero) is 1. The second kappa shape index (κ2) is 6.02. The third kappa shape index (κ3) is 3.06. The Morgan fingerprint density at radius 3 is 2.31 bits per heavy atom. The molecule has 88 valence electrons. The fraction of sp³-hybridized carbons (Fsp3) is 0.462. The van der Waals surface area contributed by atoms with Gasteiger partial charge in [-0.05, 0) is 50.2 Å². The summed E-state index contributed by atoms with van der Waals surface area (Å²) in [6, 6.07) is 7.17. The maximum atomic E-state index is 12.0. The molecule has 0 aromatic heterocycles. The van der Waals surface area contributed by atoms with E-state index >= 15 is 0 Å². The average Bonchev–Trinajstić information content (AvgIpc) is 2.30. The van der Waals surface area contributed by atoms with Gasteiger partial charge in [0.05, 0.1) is 0 Å². The normalized spacial score (nSPS) is 16.6. The topological polar surface area (TPSA) is 29.1 Å². The Kier molecular flexibility index (Phi) is 4.97. The predicted octanol–water partition coefficient (Wildman–Crippen LogP) is 3.16. The molecule has 1 aliphatic rings. The van der Waals surface area contributed by atoms with E-state index < -0.39 is 0 Å². The number of hydrogen-bond acceptors (Lipinski definition) is 2. The zero-order valence-corrected chi connectivity index (χ0v) is 9.26. The quantitative estimate of drug-likeness (QED) is 0.804. The van der Waals surface area contributed by atoms with Crippen LogP contribution < -0.4 is 5.32 Å². The van der Waals surface area contributed by atoms with E-state index in [2.05, 4.69) is 5.32 Å². The second-order valence-electron chi connectivity index (χ2n) is 3.90. The Hall–Kier alpha value is -0.860. The number of nitrogens with one attached hydrogen (secondary N) is 1. The van der Waals surface area contributed by atoms with Gasteiger partial charge in [0.1, 0.15) is 0 Å². The number of carbonyl (C=O) groups excluding carboxylic acids is 1. The minimum absolute atomic E-state index is 0. The Balaban J connectivity index is 0.00000128. The number of carbonyl (C=O) groups is 1. The molecule has 16 heavy (non-hydrogen) atoms. The summed E-state index contributed by atoms with van der Waals surface area (Å²) in [5, 5.41) is 3.93. The smallest absolute Gasteiger partial charge is 0.166 e. The lowest BCUT2D eigenvalue weighted by Gasteiger charge is -2.21. The SMILES string of the molecule is C.O=C(c1ccc(Cl)cc1)C1CCNCC1. The molecule has 0 unspecified atom stereocenters. The summed E-state index contributed by atoms with van der Waals surface area (Å²) in [4.78, 5) is 12.0. The van der Waals surface area contributed by atoms with E-state index in [1.54, 1.807) is 12.1 Å². The van der Waals surface area contributed by atoms with Crippen LogP contribution in [0.3, 0.4) is 0 Å². The van der Waals surface area contributed by atoms with Gasteiger partial charge >= 0.3 is 0 Å². The third-order valence-corrected chi connectivity index (χ3v) is 3.09. The molecule has 3 heteroatoms. The van der Waals surface area contributed by atoms with Crippen molar-refractivity contribution in [3.8, 4) is 0 Å². The number of piperidine rings is 1. The molecular weight excluding hydrogens is 222 g/mol. The Bertz CT molecular complexity index is 341. The summed E-state index contributed by atoms with van der Waals surface area (Å²) in [5.41, 5.74) is 0.784. The minimum atomic E-state index is 0. The largest absolute Gasteiger partial charge is 0.317 e. The molecular formula is C13H18ClNO. The molecule has 0 spiro atoms. The Labute approximate surface area is 102 Å². The van der Waals surface area contributed by atoms with E-state index in [1.165, 1.54) is 0 Å². The molecule has 1 heterocycles. The van der Waals surface area contributed by atoms with Gasteiger partial charge in [-0.2, -0.15) is 0 Å². The first-order valence-electron chi connectivity index (χ1n) is 5.28. The van der Waals surface area contributed by atoms with Crippen molar-refractivity contribution in [3.05, 3.63) is 34.9 Å². The zero-order chi connectivity index (χ0) is 10.7. The van der Waals surface area contributed by atoms with Crippen molar-refractivity contribution in [3.63, 3.8) is 0 Å². The van der Waals surface area contributed by atoms with Gasteiger partial charge in [-0.25, -0.2) is 0 Å². The highest BCUT2D eigenvalue weighted by Gasteiger charge is 2.21. The van der Waals surface area contributed by atoms with Crippen LogP contribution in [0.15, 0.2) is 24.3 Å².